The van der Waals surface area contributed by atoms with Gasteiger partial charge in [-0.1, -0.05) is 0 Å². The number of carbonyl (C=O) groups is 1. The van der Waals surface area contributed by atoms with E-state index >= 15 is 0 Å². The van der Waals surface area contributed by atoms with Gasteiger partial charge in [-0.05, 0) is 23.5 Å². The second-order valence-corrected chi connectivity index (χ2v) is 5.39. The quantitative estimate of drug-likeness (QED) is 0.623. The van der Waals surface area contributed by atoms with Gasteiger partial charge in [-0.2, -0.15) is 11.8 Å². The molecule has 1 aromatic rings. The fraction of sp³-hybridized carbons (Fsp3) is 0.556. The highest BCUT2D eigenvalue weighted by Gasteiger charge is 2.07. The Bertz CT molecular complexity index is 373. The second kappa shape index (κ2) is 7.73. The van der Waals surface area contributed by atoms with Gasteiger partial charge in [0.15, 0.2) is 5.89 Å². The zero-order valence-corrected chi connectivity index (χ0v) is 12.0. The Kier molecular flexibility index (Phi) is 6.61. The van der Waals surface area contributed by atoms with Gasteiger partial charge in [0.2, 0.25) is 5.22 Å². The van der Waals surface area contributed by atoms with Gasteiger partial charge in [0, 0.05) is 31.2 Å². The van der Waals surface area contributed by atoms with Gasteiger partial charge in [-0.25, -0.2) is 9.78 Å². The maximum atomic E-state index is 10.8. The Hall–Kier alpha value is -0.530. The van der Waals surface area contributed by atoms with E-state index in [1.165, 1.54) is 11.9 Å². The van der Waals surface area contributed by atoms with Crippen molar-refractivity contribution in [1.29, 1.82) is 0 Å². The van der Waals surface area contributed by atoms with Crippen molar-refractivity contribution in [1.82, 2.24) is 15.0 Å². The molecule has 0 aromatic carbocycles. The maximum Gasteiger partial charge on any atom is 0.324 e. The molecule has 2 amide bonds. The highest BCUT2D eigenvalue weighted by Crippen LogP contribution is 2.21. The SMILES string of the molecule is CNC(=O)NSCCSCc1nc(C)oc1Cl. The van der Waals surface area contributed by atoms with Crippen molar-refractivity contribution in [2.45, 2.75) is 12.7 Å². The van der Waals surface area contributed by atoms with E-state index in [1.807, 2.05) is 0 Å². The van der Waals surface area contributed by atoms with Crippen molar-refractivity contribution in [3.05, 3.63) is 16.8 Å². The number of hydrogen-bond acceptors (Lipinski definition) is 5. The van der Waals surface area contributed by atoms with Crippen molar-refractivity contribution in [3.8, 4) is 0 Å². The Morgan fingerprint density at radius 3 is 2.88 bits per heavy atom. The molecule has 17 heavy (non-hydrogen) atoms. The average molecular weight is 296 g/mol. The summed E-state index contributed by atoms with van der Waals surface area (Å²) >= 11 is 8.90. The fourth-order valence-corrected chi connectivity index (χ4v) is 2.94. The molecule has 2 N–H and O–H groups in total. The third kappa shape index (κ3) is 5.56. The third-order valence-electron chi connectivity index (χ3n) is 1.72. The van der Waals surface area contributed by atoms with E-state index in [1.54, 1.807) is 25.7 Å². The Morgan fingerprint density at radius 2 is 2.29 bits per heavy atom. The number of aryl methyl sites for hydroxylation is 1. The molecule has 0 atom stereocenters. The van der Waals surface area contributed by atoms with Gasteiger partial charge < -0.3 is 9.73 Å². The van der Waals surface area contributed by atoms with Gasteiger partial charge >= 0.3 is 6.03 Å². The van der Waals surface area contributed by atoms with E-state index in [4.69, 9.17) is 16.0 Å². The van der Waals surface area contributed by atoms with Gasteiger partial charge in [-0.3, -0.25) is 4.72 Å². The van der Waals surface area contributed by atoms with Crippen LogP contribution in [0.15, 0.2) is 4.42 Å². The summed E-state index contributed by atoms with van der Waals surface area (Å²) in [5.41, 5.74) is 0.776. The van der Waals surface area contributed by atoms with E-state index in [0.717, 1.165) is 23.0 Å². The normalized spacial score (nSPS) is 10.3. The van der Waals surface area contributed by atoms with E-state index in [-0.39, 0.29) is 6.03 Å². The molecule has 1 aromatic heterocycles. The molecule has 0 unspecified atom stereocenters. The number of amides is 2. The van der Waals surface area contributed by atoms with Crippen LogP contribution in [-0.2, 0) is 5.75 Å². The van der Waals surface area contributed by atoms with Gasteiger partial charge in [-0.15, -0.1) is 0 Å². The first-order valence-electron chi connectivity index (χ1n) is 4.92. The minimum atomic E-state index is -0.185. The van der Waals surface area contributed by atoms with E-state index in [0.29, 0.717) is 11.1 Å². The summed E-state index contributed by atoms with van der Waals surface area (Å²) in [6.45, 7) is 1.77. The summed E-state index contributed by atoms with van der Waals surface area (Å²) in [6, 6.07) is -0.185. The smallest absolute Gasteiger partial charge is 0.324 e. The predicted molar refractivity (Wildman–Crippen MR) is 72.5 cm³/mol. The summed E-state index contributed by atoms with van der Waals surface area (Å²) in [5, 5.41) is 2.84. The monoisotopic (exact) mass is 295 g/mol. The number of thioether (sulfide) groups is 1. The molecule has 1 heterocycles. The molecular weight excluding hydrogens is 282 g/mol. The highest BCUT2D eigenvalue weighted by molar-refractivity contribution is 8.01. The lowest BCUT2D eigenvalue weighted by Gasteiger charge is -2.02. The summed E-state index contributed by atoms with van der Waals surface area (Å²) < 4.78 is 7.75. The molecule has 0 aliphatic heterocycles. The summed E-state index contributed by atoms with van der Waals surface area (Å²) in [7, 11) is 1.58. The van der Waals surface area contributed by atoms with Crippen LogP contribution in [0, 0.1) is 6.92 Å². The Labute approximate surface area is 114 Å². The van der Waals surface area contributed by atoms with Gasteiger partial charge in [0.1, 0.15) is 5.69 Å². The predicted octanol–water partition coefficient (Wildman–Crippen LogP) is 2.45. The molecule has 96 valence electrons. The molecule has 0 saturated carbocycles. The number of nitrogens with zero attached hydrogens (tertiary/aromatic N) is 1. The molecule has 1 rings (SSSR count). The first kappa shape index (κ1) is 14.5. The first-order chi connectivity index (χ1) is 8.13. The van der Waals surface area contributed by atoms with Crippen molar-refractivity contribution >= 4 is 41.3 Å². The maximum absolute atomic E-state index is 10.8. The number of aromatic nitrogens is 1. The van der Waals surface area contributed by atoms with Crippen molar-refractivity contribution < 1.29 is 9.21 Å². The van der Waals surface area contributed by atoms with Crippen LogP contribution < -0.4 is 10.0 Å². The molecular formula is C9H14ClN3O2S2. The van der Waals surface area contributed by atoms with Crippen LogP contribution >= 0.6 is 35.3 Å². The van der Waals surface area contributed by atoms with Crippen molar-refractivity contribution in [2.24, 2.45) is 0 Å². The third-order valence-corrected chi connectivity index (χ3v) is 3.98. The van der Waals surface area contributed by atoms with Crippen LogP contribution in [0.3, 0.4) is 0 Å². The Balaban J connectivity index is 2.08. The summed E-state index contributed by atoms with van der Waals surface area (Å²) in [5.74, 6) is 3.03. The summed E-state index contributed by atoms with van der Waals surface area (Å²) in [6.07, 6.45) is 0. The number of halogens is 1. The van der Waals surface area contributed by atoms with Crippen molar-refractivity contribution in [3.63, 3.8) is 0 Å². The average Bonchev–Trinajstić information content (AvgIpc) is 2.62. The molecule has 5 nitrogen and oxygen atoms in total. The number of nitrogens with one attached hydrogen (secondary N) is 2. The highest BCUT2D eigenvalue weighted by atomic mass is 35.5. The number of urea groups is 1. The molecule has 0 spiro atoms. The minimum Gasteiger partial charge on any atom is -0.429 e. The zero-order valence-electron chi connectivity index (χ0n) is 9.58. The molecule has 0 radical (unpaired) electrons. The van der Waals surface area contributed by atoms with Crippen LogP contribution in [-0.4, -0.2) is 29.6 Å². The number of carbonyl (C=O) groups excluding carboxylic acids is 1. The van der Waals surface area contributed by atoms with E-state index in [9.17, 15) is 4.79 Å². The number of hydrogen-bond donors (Lipinski definition) is 2. The topological polar surface area (TPSA) is 67.2 Å². The molecule has 0 aliphatic carbocycles. The van der Waals surface area contributed by atoms with Crippen LogP contribution in [0.2, 0.25) is 5.22 Å². The molecule has 0 bridgehead atoms. The van der Waals surface area contributed by atoms with Crippen LogP contribution in [0.1, 0.15) is 11.6 Å². The second-order valence-electron chi connectivity index (χ2n) is 3.04. The fourth-order valence-electron chi connectivity index (χ4n) is 0.971. The number of oxazole rings is 1. The van der Waals surface area contributed by atoms with E-state index in [2.05, 4.69) is 15.0 Å². The molecule has 0 fully saturated rings. The largest absolute Gasteiger partial charge is 0.429 e. The summed E-state index contributed by atoms with van der Waals surface area (Å²) in [4.78, 5) is 15.0. The molecule has 0 saturated heterocycles. The lowest BCUT2D eigenvalue weighted by Crippen LogP contribution is -2.27. The van der Waals surface area contributed by atoms with Crippen molar-refractivity contribution in [2.75, 3.05) is 18.6 Å². The van der Waals surface area contributed by atoms with Crippen LogP contribution in [0.25, 0.3) is 0 Å². The Morgan fingerprint density at radius 1 is 1.53 bits per heavy atom. The first-order valence-corrected chi connectivity index (χ1v) is 7.44. The van der Waals surface area contributed by atoms with Crippen LogP contribution in [0.4, 0.5) is 4.79 Å². The zero-order chi connectivity index (χ0) is 12.7. The minimum absolute atomic E-state index is 0.185. The molecule has 0 aliphatic rings. The number of rotatable bonds is 6. The lowest BCUT2D eigenvalue weighted by atomic mass is 10.6. The standard InChI is InChI=1S/C9H14ClN3O2S2/c1-6-12-7(8(10)15-6)5-16-3-4-17-13-9(14)11-2/h3-5H2,1-2H3,(H2,11,13,14). The van der Waals surface area contributed by atoms with Gasteiger partial charge in [0.05, 0.1) is 0 Å². The molecule has 8 heteroatoms. The van der Waals surface area contributed by atoms with Gasteiger partial charge in [0.25, 0.3) is 0 Å². The van der Waals surface area contributed by atoms with E-state index < -0.39 is 0 Å². The van der Waals surface area contributed by atoms with Crippen LogP contribution in [0.5, 0.6) is 0 Å². The lowest BCUT2D eigenvalue weighted by molar-refractivity contribution is 0.248.